The molecule has 1 amide bonds. The lowest BCUT2D eigenvalue weighted by molar-refractivity contribution is -0.119. The van der Waals surface area contributed by atoms with Gasteiger partial charge in [-0.2, -0.15) is 0 Å². The summed E-state index contributed by atoms with van der Waals surface area (Å²) in [6, 6.07) is 7.73. The number of guanidine groups is 1. The van der Waals surface area contributed by atoms with Gasteiger partial charge in [0.05, 0.1) is 0 Å². The maximum Gasteiger partial charge on any atom is 0.255 e. The van der Waals surface area contributed by atoms with E-state index in [1.807, 2.05) is 31.3 Å². The van der Waals surface area contributed by atoms with Crippen molar-refractivity contribution in [3.63, 3.8) is 0 Å². The highest BCUT2D eigenvalue weighted by Gasteiger charge is 2.18. The Bertz CT molecular complexity index is 555. The molecule has 1 aliphatic heterocycles. The van der Waals surface area contributed by atoms with E-state index in [4.69, 9.17) is 10.5 Å². The van der Waals surface area contributed by atoms with Crippen molar-refractivity contribution in [1.29, 1.82) is 0 Å². The normalized spacial score (nSPS) is 15.4. The van der Waals surface area contributed by atoms with Crippen molar-refractivity contribution in [3.05, 3.63) is 29.8 Å². The second-order valence-electron chi connectivity index (χ2n) is 6.29. The molecule has 3 N–H and O–H groups in total. The number of amides is 1. The Morgan fingerprint density at radius 1 is 1.32 bits per heavy atom. The number of carbonyl (C=O) groups is 1. The number of piperidine rings is 1. The second kappa shape index (κ2) is 11.2. The number of likely N-dealkylation sites (tertiary alicyclic amines) is 1. The van der Waals surface area contributed by atoms with Crippen LogP contribution in [0.5, 0.6) is 5.75 Å². The molecular weight excluding hydrogens is 431 g/mol. The first kappa shape index (κ1) is 21.5. The van der Waals surface area contributed by atoms with Crippen LogP contribution in [0.2, 0.25) is 0 Å². The Morgan fingerprint density at radius 2 is 1.96 bits per heavy atom. The fourth-order valence-electron chi connectivity index (χ4n) is 2.78. The molecule has 1 saturated heterocycles. The van der Waals surface area contributed by atoms with Crippen LogP contribution in [0, 0.1) is 5.92 Å². The number of nitrogens with zero attached hydrogens (tertiary/aromatic N) is 2. The van der Waals surface area contributed by atoms with Gasteiger partial charge in [0, 0.05) is 26.7 Å². The summed E-state index contributed by atoms with van der Waals surface area (Å²) in [7, 11) is 1.84. The molecule has 0 unspecified atom stereocenters. The highest BCUT2D eigenvalue weighted by atomic mass is 127. The molecule has 140 valence electrons. The maximum absolute atomic E-state index is 10.7. The van der Waals surface area contributed by atoms with Crippen LogP contribution in [0.3, 0.4) is 0 Å². The molecule has 1 heterocycles. The van der Waals surface area contributed by atoms with Gasteiger partial charge in [-0.05, 0) is 42.9 Å². The molecule has 2 rings (SSSR count). The minimum absolute atomic E-state index is 0. The van der Waals surface area contributed by atoms with Crippen molar-refractivity contribution in [1.82, 2.24) is 10.2 Å². The van der Waals surface area contributed by atoms with Crippen LogP contribution in [0.4, 0.5) is 0 Å². The van der Waals surface area contributed by atoms with Crippen molar-refractivity contribution in [2.45, 2.75) is 26.2 Å². The molecule has 7 heteroatoms. The van der Waals surface area contributed by atoms with E-state index in [2.05, 4.69) is 22.1 Å². The molecule has 1 fully saturated rings. The number of hydrogen-bond acceptors (Lipinski definition) is 3. The molecule has 1 aromatic carbocycles. The third kappa shape index (κ3) is 7.50. The lowest BCUT2D eigenvalue weighted by Gasteiger charge is -2.32. The molecule has 0 radical (unpaired) electrons. The number of halogens is 1. The number of aliphatic imine (C=N–C) groups is 1. The topological polar surface area (TPSA) is 80.0 Å². The molecule has 0 atom stereocenters. The van der Waals surface area contributed by atoms with Gasteiger partial charge in [-0.1, -0.05) is 19.1 Å². The number of benzene rings is 1. The van der Waals surface area contributed by atoms with Crippen molar-refractivity contribution in [3.8, 4) is 5.75 Å². The SMILES string of the molecule is CN=C(NCCc1ccc(OCC(N)=O)cc1)N1CCC(C)CC1.I. The fourth-order valence-corrected chi connectivity index (χ4v) is 2.78. The van der Waals surface area contributed by atoms with Crippen LogP contribution < -0.4 is 15.8 Å². The van der Waals surface area contributed by atoms with Gasteiger partial charge in [0.2, 0.25) is 0 Å². The first-order valence-corrected chi connectivity index (χ1v) is 8.54. The Labute approximate surface area is 167 Å². The van der Waals surface area contributed by atoms with E-state index >= 15 is 0 Å². The molecule has 1 aromatic rings. The minimum Gasteiger partial charge on any atom is -0.484 e. The van der Waals surface area contributed by atoms with E-state index in [0.29, 0.717) is 5.75 Å². The van der Waals surface area contributed by atoms with Gasteiger partial charge in [0.15, 0.2) is 12.6 Å². The number of primary amides is 1. The Kier molecular flexibility index (Phi) is 9.62. The van der Waals surface area contributed by atoms with Crippen molar-refractivity contribution in [2.75, 3.05) is 33.3 Å². The van der Waals surface area contributed by atoms with Crippen LogP contribution in [-0.4, -0.2) is 50.1 Å². The van der Waals surface area contributed by atoms with Gasteiger partial charge >= 0.3 is 0 Å². The summed E-state index contributed by atoms with van der Waals surface area (Å²) in [4.78, 5) is 17.4. The molecule has 0 bridgehead atoms. The number of nitrogens with one attached hydrogen (secondary N) is 1. The van der Waals surface area contributed by atoms with Gasteiger partial charge in [-0.3, -0.25) is 9.79 Å². The molecule has 25 heavy (non-hydrogen) atoms. The lowest BCUT2D eigenvalue weighted by Crippen LogP contribution is -2.45. The molecule has 0 spiro atoms. The fraction of sp³-hybridized carbons (Fsp3) is 0.556. The lowest BCUT2D eigenvalue weighted by atomic mass is 10.00. The Balaban J connectivity index is 0.00000312. The monoisotopic (exact) mass is 460 g/mol. The number of rotatable bonds is 6. The Morgan fingerprint density at radius 3 is 2.52 bits per heavy atom. The van der Waals surface area contributed by atoms with E-state index in [1.165, 1.54) is 18.4 Å². The molecule has 0 aliphatic carbocycles. The van der Waals surface area contributed by atoms with E-state index in [0.717, 1.165) is 37.9 Å². The average Bonchev–Trinajstić information content (AvgIpc) is 2.59. The first-order chi connectivity index (χ1) is 11.6. The predicted octanol–water partition coefficient (Wildman–Crippen LogP) is 2.02. The third-order valence-electron chi connectivity index (χ3n) is 4.30. The zero-order valence-corrected chi connectivity index (χ0v) is 17.4. The Hall–Kier alpha value is -1.51. The predicted molar refractivity (Wildman–Crippen MR) is 112 cm³/mol. The van der Waals surface area contributed by atoms with Crippen molar-refractivity contribution < 1.29 is 9.53 Å². The molecule has 6 nitrogen and oxygen atoms in total. The standard InChI is InChI=1S/C18H28N4O2.HI/c1-14-8-11-22(12-9-14)18(20-2)21-10-7-15-3-5-16(6-4-15)24-13-17(19)23;/h3-6,14H,7-13H2,1-2H3,(H2,19,23)(H,20,21);1H. The number of hydrogen-bond donors (Lipinski definition) is 2. The summed E-state index contributed by atoms with van der Waals surface area (Å²) in [6.07, 6.45) is 3.36. The second-order valence-corrected chi connectivity index (χ2v) is 6.29. The van der Waals surface area contributed by atoms with E-state index < -0.39 is 5.91 Å². The van der Waals surface area contributed by atoms with Gasteiger partial charge in [0.25, 0.3) is 5.91 Å². The number of ether oxygens (including phenoxy) is 1. The van der Waals surface area contributed by atoms with E-state index in [-0.39, 0.29) is 30.6 Å². The van der Waals surface area contributed by atoms with E-state index in [9.17, 15) is 4.79 Å². The molecule has 1 aliphatic rings. The summed E-state index contributed by atoms with van der Waals surface area (Å²) in [5.74, 6) is 1.99. The summed E-state index contributed by atoms with van der Waals surface area (Å²) in [5, 5.41) is 3.44. The quantitative estimate of drug-likeness (QED) is 0.387. The van der Waals surface area contributed by atoms with Crippen LogP contribution in [-0.2, 0) is 11.2 Å². The van der Waals surface area contributed by atoms with Crippen LogP contribution in [0.15, 0.2) is 29.3 Å². The van der Waals surface area contributed by atoms with Gasteiger partial charge < -0.3 is 20.7 Å². The third-order valence-corrected chi connectivity index (χ3v) is 4.30. The van der Waals surface area contributed by atoms with Gasteiger partial charge in [0.1, 0.15) is 5.75 Å². The number of nitrogens with two attached hydrogens (primary N) is 1. The summed E-state index contributed by atoms with van der Waals surface area (Å²) < 4.78 is 5.25. The minimum atomic E-state index is -0.471. The van der Waals surface area contributed by atoms with Gasteiger partial charge in [-0.25, -0.2) is 0 Å². The molecule has 0 saturated carbocycles. The van der Waals surface area contributed by atoms with Crippen LogP contribution >= 0.6 is 24.0 Å². The zero-order valence-electron chi connectivity index (χ0n) is 15.0. The van der Waals surface area contributed by atoms with Crippen LogP contribution in [0.1, 0.15) is 25.3 Å². The maximum atomic E-state index is 10.7. The van der Waals surface area contributed by atoms with Crippen molar-refractivity contribution in [2.24, 2.45) is 16.6 Å². The highest BCUT2D eigenvalue weighted by Crippen LogP contribution is 2.16. The summed E-state index contributed by atoms with van der Waals surface area (Å²) >= 11 is 0. The van der Waals surface area contributed by atoms with Gasteiger partial charge in [-0.15, -0.1) is 24.0 Å². The largest absolute Gasteiger partial charge is 0.484 e. The molecule has 0 aromatic heterocycles. The molecular formula is C18H29IN4O2. The zero-order chi connectivity index (χ0) is 17.4. The van der Waals surface area contributed by atoms with E-state index in [1.54, 1.807) is 0 Å². The van der Waals surface area contributed by atoms with Crippen LogP contribution in [0.25, 0.3) is 0 Å². The smallest absolute Gasteiger partial charge is 0.255 e. The number of carbonyl (C=O) groups excluding carboxylic acids is 1. The highest BCUT2D eigenvalue weighted by molar-refractivity contribution is 14.0. The summed E-state index contributed by atoms with van der Waals surface area (Å²) in [6.45, 7) is 5.20. The van der Waals surface area contributed by atoms with Crippen molar-refractivity contribution >= 4 is 35.8 Å². The summed E-state index contributed by atoms with van der Waals surface area (Å²) in [5.41, 5.74) is 6.26. The average molecular weight is 460 g/mol. The first-order valence-electron chi connectivity index (χ1n) is 8.54.